The van der Waals surface area contributed by atoms with Crippen LogP contribution in [0.3, 0.4) is 0 Å². The summed E-state index contributed by atoms with van der Waals surface area (Å²) in [5, 5.41) is 3.16. The summed E-state index contributed by atoms with van der Waals surface area (Å²) in [5.41, 5.74) is 5.28. The number of imide groups is 1. The summed E-state index contributed by atoms with van der Waals surface area (Å²) in [6.07, 6.45) is 0. The Morgan fingerprint density at radius 1 is 0.844 bits per heavy atom. The first-order valence-corrected chi connectivity index (χ1v) is 10.6. The van der Waals surface area contributed by atoms with Crippen LogP contribution in [-0.2, 0) is 9.59 Å². The van der Waals surface area contributed by atoms with Crippen molar-refractivity contribution in [2.75, 3.05) is 10.2 Å². The largest absolute Gasteiger partial charge is 0.350 e. The highest BCUT2D eigenvalue weighted by atomic mass is 19.1. The van der Waals surface area contributed by atoms with Crippen molar-refractivity contribution in [2.45, 2.75) is 33.6 Å². The van der Waals surface area contributed by atoms with E-state index in [-0.39, 0.29) is 17.0 Å². The first-order valence-electron chi connectivity index (χ1n) is 10.6. The molecule has 0 spiro atoms. The van der Waals surface area contributed by atoms with E-state index in [2.05, 4.69) is 19.2 Å². The quantitative estimate of drug-likeness (QED) is 0.510. The Kier molecular flexibility index (Phi) is 5.66. The van der Waals surface area contributed by atoms with Crippen LogP contribution >= 0.6 is 0 Å². The number of nitrogens with zero attached hydrogens (tertiary/aromatic N) is 1. The van der Waals surface area contributed by atoms with Crippen LogP contribution in [0.1, 0.15) is 42.0 Å². The third-order valence-corrected chi connectivity index (χ3v) is 5.79. The molecule has 162 valence electrons. The molecule has 1 N–H and O–H groups in total. The SMILES string of the molecule is Cc1ccc(C2=C(Nc3ccc(C(C)C)cc3)C(=O)N(c3cccc(F)c3)C2=O)cc1C. The van der Waals surface area contributed by atoms with Gasteiger partial charge in [-0.1, -0.05) is 50.2 Å². The third kappa shape index (κ3) is 3.94. The van der Waals surface area contributed by atoms with Crippen molar-refractivity contribution < 1.29 is 14.0 Å². The maximum Gasteiger partial charge on any atom is 0.282 e. The number of carbonyl (C=O) groups excluding carboxylic acids is 2. The molecule has 0 bridgehead atoms. The van der Waals surface area contributed by atoms with Crippen LogP contribution in [0.15, 0.2) is 72.4 Å². The number of hydrogen-bond acceptors (Lipinski definition) is 3. The minimum Gasteiger partial charge on any atom is -0.350 e. The molecular weight excluding hydrogens is 403 g/mol. The van der Waals surface area contributed by atoms with E-state index in [1.165, 1.54) is 23.8 Å². The molecule has 32 heavy (non-hydrogen) atoms. The molecule has 3 aromatic rings. The summed E-state index contributed by atoms with van der Waals surface area (Å²) in [6, 6.07) is 18.9. The van der Waals surface area contributed by atoms with Crippen molar-refractivity contribution in [3.05, 3.63) is 100 Å². The van der Waals surface area contributed by atoms with Crippen molar-refractivity contribution >= 4 is 28.8 Å². The molecule has 0 fully saturated rings. The minimum atomic E-state index is -0.512. The fourth-order valence-electron chi connectivity index (χ4n) is 3.76. The van der Waals surface area contributed by atoms with Gasteiger partial charge in [0, 0.05) is 5.69 Å². The van der Waals surface area contributed by atoms with Gasteiger partial charge < -0.3 is 5.32 Å². The van der Waals surface area contributed by atoms with Gasteiger partial charge in [-0.15, -0.1) is 0 Å². The normalized spacial score (nSPS) is 14.0. The zero-order valence-electron chi connectivity index (χ0n) is 18.6. The molecule has 2 amide bonds. The molecule has 5 heteroatoms. The van der Waals surface area contributed by atoms with E-state index in [4.69, 9.17) is 0 Å². The number of amides is 2. The second-order valence-corrected chi connectivity index (χ2v) is 8.38. The molecule has 0 radical (unpaired) electrons. The summed E-state index contributed by atoms with van der Waals surface area (Å²) >= 11 is 0. The molecule has 1 heterocycles. The lowest BCUT2D eigenvalue weighted by Gasteiger charge is -2.15. The second-order valence-electron chi connectivity index (χ2n) is 8.38. The summed E-state index contributed by atoms with van der Waals surface area (Å²) in [6.45, 7) is 8.17. The van der Waals surface area contributed by atoms with Gasteiger partial charge in [0.15, 0.2) is 0 Å². The van der Waals surface area contributed by atoms with E-state index in [0.29, 0.717) is 17.2 Å². The first-order chi connectivity index (χ1) is 15.3. The average Bonchev–Trinajstić information content (AvgIpc) is 3.00. The Hall–Kier alpha value is -3.73. The lowest BCUT2D eigenvalue weighted by Crippen LogP contribution is -2.32. The molecule has 3 aromatic carbocycles. The van der Waals surface area contributed by atoms with Gasteiger partial charge in [0.2, 0.25) is 0 Å². The lowest BCUT2D eigenvalue weighted by atomic mass is 9.99. The zero-order valence-corrected chi connectivity index (χ0v) is 18.6. The van der Waals surface area contributed by atoms with Crippen LogP contribution in [0.4, 0.5) is 15.8 Å². The van der Waals surface area contributed by atoms with Crippen molar-refractivity contribution in [1.29, 1.82) is 0 Å². The molecule has 0 atom stereocenters. The van der Waals surface area contributed by atoms with Gasteiger partial charge in [0.25, 0.3) is 11.8 Å². The van der Waals surface area contributed by atoms with E-state index < -0.39 is 17.6 Å². The maximum atomic E-state index is 13.9. The summed E-state index contributed by atoms with van der Waals surface area (Å²) in [4.78, 5) is 27.9. The molecule has 0 unspecified atom stereocenters. The van der Waals surface area contributed by atoms with Gasteiger partial charge in [-0.25, -0.2) is 9.29 Å². The highest BCUT2D eigenvalue weighted by Gasteiger charge is 2.40. The van der Waals surface area contributed by atoms with Crippen LogP contribution in [-0.4, -0.2) is 11.8 Å². The predicted octanol–water partition coefficient (Wildman–Crippen LogP) is 5.96. The molecule has 1 aliphatic rings. The van der Waals surface area contributed by atoms with E-state index in [1.54, 1.807) is 6.07 Å². The monoisotopic (exact) mass is 428 g/mol. The standard InChI is InChI=1S/C27H25FN2O2/c1-16(2)19-10-12-22(13-11-19)29-25-24(20-9-8-17(3)18(4)14-20)26(31)30(27(25)32)23-7-5-6-21(28)15-23/h5-16,29H,1-4H3. The summed E-state index contributed by atoms with van der Waals surface area (Å²) < 4.78 is 13.9. The Bertz CT molecular complexity index is 1240. The highest BCUT2D eigenvalue weighted by Crippen LogP contribution is 2.34. The number of benzene rings is 3. The molecule has 0 saturated carbocycles. The molecular formula is C27H25FN2O2. The summed E-state index contributed by atoms with van der Waals surface area (Å²) in [7, 11) is 0. The Morgan fingerprint density at radius 3 is 2.19 bits per heavy atom. The number of carbonyl (C=O) groups is 2. The van der Waals surface area contributed by atoms with Crippen molar-refractivity contribution in [2.24, 2.45) is 0 Å². The van der Waals surface area contributed by atoms with Crippen molar-refractivity contribution in [3.8, 4) is 0 Å². The Morgan fingerprint density at radius 2 is 1.56 bits per heavy atom. The van der Waals surface area contributed by atoms with Crippen LogP contribution in [0.25, 0.3) is 5.57 Å². The molecule has 0 saturated heterocycles. The number of halogens is 1. The Labute approximate surface area is 187 Å². The number of aryl methyl sites for hydroxylation is 2. The van der Waals surface area contributed by atoms with Gasteiger partial charge in [-0.3, -0.25) is 9.59 Å². The third-order valence-electron chi connectivity index (χ3n) is 5.79. The smallest absolute Gasteiger partial charge is 0.282 e. The molecule has 4 nitrogen and oxygen atoms in total. The number of nitrogens with one attached hydrogen (secondary N) is 1. The van der Waals surface area contributed by atoms with Gasteiger partial charge in [0.05, 0.1) is 11.3 Å². The topological polar surface area (TPSA) is 49.4 Å². The fourth-order valence-corrected chi connectivity index (χ4v) is 3.76. The van der Waals surface area contributed by atoms with Gasteiger partial charge >= 0.3 is 0 Å². The second kappa shape index (κ2) is 8.42. The molecule has 1 aliphatic heterocycles. The lowest BCUT2D eigenvalue weighted by molar-refractivity contribution is -0.120. The van der Waals surface area contributed by atoms with Crippen molar-refractivity contribution in [1.82, 2.24) is 0 Å². The average molecular weight is 429 g/mol. The van der Waals surface area contributed by atoms with Crippen LogP contribution in [0, 0.1) is 19.7 Å². The summed E-state index contributed by atoms with van der Waals surface area (Å²) in [5.74, 6) is -1.12. The molecule has 4 rings (SSSR count). The van der Waals surface area contributed by atoms with Gasteiger partial charge in [-0.2, -0.15) is 0 Å². The van der Waals surface area contributed by atoms with E-state index in [1.807, 2.05) is 56.3 Å². The van der Waals surface area contributed by atoms with Crippen LogP contribution in [0.5, 0.6) is 0 Å². The highest BCUT2D eigenvalue weighted by molar-refractivity contribution is 6.46. The maximum absolute atomic E-state index is 13.9. The zero-order chi connectivity index (χ0) is 23.0. The van der Waals surface area contributed by atoms with Crippen LogP contribution in [0.2, 0.25) is 0 Å². The fraction of sp³-hybridized carbons (Fsp3) is 0.185. The van der Waals surface area contributed by atoms with Gasteiger partial charge in [-0.05, 0) is 72.4 Å². The van der Waals surface area contributed by atoms with E-state index in [0.717, 1.165) is 16.0 Å². The van der Waals surface area contributed by atoms with Crippen LogP contribution < -0.4 is 10.2 Å². The van der Waals surface area contributed by atoms with E-state index in [9.17, 15) is 14.0 Å². The van der Waals surface area contributed by atoms with Crippen molar-refractivity contribution in [3.63, 3.8) is 0 Å². The number of anilines is 2. The minimum absolute atomic E-state index is 0.180. The Balaban J connectivity index is 1.81. The predicted molar refractivity (Wildman–Crippen MR) is 126 cm³/mol. The van der Waals surface area contributed by atoms with E-state index >= 15 is 0 Å². The number of hydrogen-bond donors (Lipinski definition) is 1. The molecule has 0 aliphatic carbocycles. The first kappa shape index (κ1) is 21.5. The molecule has 0 aromatic heterocycles. The van der Waals surface area contributed by atoms with Gasteiger partial charge in [0.1, 0.15) is 11.5 Å². The number of rotatable bonds is 5.